The van der Waals surface area contributed by atoms with Crippen LogP contribution in [-0.4, -0.2) is 23.9 Å². The van der Waals surface area contributed by atoms with Gasteiger partial charge in [-0.2, -0.15) is 0 Å². The zero-order valence-corrected chi connectivity index (χ0v) is 15.1. The number of esters is 2. The van der Waals surface area contributed by atoms with Gasteiger partial charge in [-0.05, 0) is 24.3 Å². The average Bonchev–Trinajstić information content (AvgIpc) is 2.61. The maximum absolute atomic E-state index is 12.1. The SMILES string of the molecule is CC(=O)Oc1ccccc1C(=O)OSOC(=O)c1ccccc1OC(C)=O. The Morgan fingerprint density at radius 1 is 0.667 bits per heavy atom. The van der Waals surface area contributed by atoms with Crippen molar-refractivity contribution in [1.29, 1.82) is 0 Å². The Labute approximate surface area is 158 Å². The van der Waals surface area contributed by atoms with Gasteiger partial charge in [0.1, 0.15) is 22.6 Å². The van der Waals surface area contributed by atoms with E-state index in [-0.39, 0.29) is 34.9 Å². The quantitative estimate of drug-likeness (QED) is 0.418. The average molecular weight is 390 g/mol. The van der Waals surface area contributed by atoms with E-state index in [1.165, 1.54) is 38.1 Å². The summed E-state index contributed by atoms with van der Waals surface area (Å²) in [5.41, 5.74) is -0.0341. The summed E-state index contributed by atoms with van der Waals surface area (Å²) in [6, 6.07) is 11.9. The molecule has 0 unspecified atom stereocenters. The van der Waals surface area contributed by atoms with Gasteiger partial charge in [-0.3, -0.25) is 9.59 Å². The number of ether oxygens (including phenoxy) is 2. The fourth-order valence-corrected chi connectivity index (χ4v) is 2.26. The first-order valence-electron chi connectivity index (χ1n) is 7.53. The molecule has 0 aromatic heterocycles. The van der Waals surface area contributed by atoms with E-state index in [4.69, 9.17) is 17.8 Å². The molecule has 0 aliphatic rings. The van der Waals surface area contributed by atoms with E-state index in [0.717, 1.165) is 0 Å². The van der Waals surface area contributed by atoms with E-state index in [0.29, 0.717) is 0 Å². The molecule has 0 aliphatic carbocycles. The summed E-state index contributed by atoms with van der Waals surface area (Å²) >= 11 is 0.134. The fourth-order valence-electron chi connectivity index (χ4n) is 1.93. The molecule has 0 atom stereocenters. The minimum absolute atomic E-state index is 0.0159. The maximum Gasteiger partial charge on any atom is 0.356 e. The predicted molar refractivity (Wildman–Crippen MR) is 93.9 cm³/mol. The van der Waals surface area contributed by atoms with Crippen LogP contribution in [0.15, 0.2) is 48.5 Å². The van der Waals surface area contributed by atoms with E-state index in [2.05, 4.69) is 0 Å². The molecular formula is C18H14O8S. The monoisotopic (exact) mass is 390 g/mol. The Hall–Kier alpha value is -3.33. The molecule has 0 spiro atoms. The highest BCUT2D eigenvalue weighted by Crippen LogP contribution is 2.24. The first-order chi connectivity index (χ1) is 12.9. The van der Waals surface area contributed by atoms with Crippen molar-refractivity contribution in [3.63, 3.8) is 0 Å². The highest BCUT2D eigenvalue weighted by Gasteiger charge is 2.19. The topological polar surface area (TPSA) is 105 Å². The summed E-state index contributed by atoms with van der Waals surface area (Å²) in [6.45, 7) is 2.39. The van der Waals surface area contributed by atoms with Crippen LogP contribution in [-0.2, 0) is 18.0 Å². The number of benzene rings is 2. The van der Waals surface area contributed by atoms with E-state index < -0.39 is 23.9 Å². The Morgan fingerprint density at radius 3 is 1.41 bits per heavy atom. The Balaban J connectivity index is 1.99. The maximum atomic E-state index is 12.1. The number of carbonyl (C=O) groups excluding carboxylic acids is 4. The van der Waals surface area contributed by atoms with Crippen LogP contribution in [0.4, 0.5) is 0 Å². The van der Waals surface area contributed by atoms with Gasteiger partial charge in [-0.25, -0.2) is 9.59 Å². The lowest BCUT2D eigenvalue weighted by molar-refractivity contribution is -0.132. The Kier molecular flexibility index (Phi) is 6.95. The normalized spacial score (nSPS) is 9.85. The third kappa shape index (κ3) is 5.86. The molecule has 0 heterocycles. The second-order valence-corrected chi connectivity index (χ2v) is 5.46. The molecule has 140 valence electrons. The third-order valence-corrected chi connectivity index (χ3v) is 3.38. The summed E-state index contributed by atoms with van der Waals surface area (Å²) in [5.74, 6) is -2.92. The van der Waals surface area contributed by atoms with Crippen LogP contribution < -0.4 is 9.47 Å². The largest absolute Gasteiger partial charge is 0.426 e. The standard InChI is InChI=1S/C18H14O8S/c1-11(19)23-15-9-5-3-7-13(15)17(21)25-27-26-18(22)14-8-4-6-10-16(14)24-12(2)20/h3-10H,1-2H3. The first-order valence-corrected chi connectivity index (χ1v) is 8.20. The lowest BCUT2D eigenvalue weighted by atomic mass is 10.2. The summed E-state index contributed by atoms with van der Waals surface area (Å²) in [6.07, 6.45) is 0. The predicted octanol–water partition coefficient (Wildman–Crippen LogP) is 3.11. The van der Waals surface area contributed by atoms with Crippen molar-refractivity contribution in [3.8, 4) is 11.5 Å². The van der Waals surface area contributed by atoms with Gasteiger partial charge in [-0.15, -0.1) is 0 Å². The van der Waals surface area contributed by atoms with Crippen molar-refractivity contribution in [1.82, 2.24) is 0 Å². The second kappa shape index (κ2) is 9.39. The van der Waals surface area contributed by atoms with Crippen LogP contribution in [0, 0.1) is 0 Å². The molecule has 2 aromatic rings. The highest BCUT2D eigenvalue weighted by atomic mass is 32.2. The number of rotatable bonds is 6. The van der Waals surface area contributed by atoms with Gasteiger partial charge in [0, 0.05) is 13.8 Å². The molecule has 0 aliphatic heterocycles. The summed E-state index contributed by atoms with van der Waals surface area (Å²) in [4.78, 5) is 46.3. The van der Waals surface area contributed by atoms with Crippen LogP contribution in [0.2, 0.25) is 0 Å². The van der Waals surface area contributed by atoms with Crippen LogP contribution in [0.25, 0.3) is 0 Å². The van der Waals surface area contributed by atoms with E-state index >= 15 is 0 Å². The molecule has 2 aromatic carbocycles. The summed E-state index contributed by atoms with van der Waals surface area (Å²) in [7, 11) is 0. The van der Waals surface area contributed by atoms with Crippen molar-refractivity contribution in [2.24, 2.45) is 0 Å². The fraction of sp³-hybridized carbons (Fsp3) is 0.111. The smallest absolute Gasteiger partial charge is 0.356 e. The van der Waals surface area contributed by atoms with Crippen LogP contribution >= 0.6 is 12.3 Å². The van der Waals surface area contributed by atoms with Crippen molar-refractivity contribution in [2.45, 2.75) is 13.8 Å². The molecular weight excluding hydrogens is 376 g/mol. The molecule has 27 heavy (non-hydrogen) atoms. The molecule has 8 nitrogen and oxygen atoms in total. The van der Waals surface area contributed by atoms with Gasteiger partial charge in [-0.1, -0.05) is 24.3 Å². The van der Waals surface area contributed by atoms with E-state index in [9.17, 15) is 19.2 Å². The highest BCUT2D eigenvalue weighted by molar-refractivity contribution is 7.90. The first kappa shape index (κ1) is 20.0. The Morgan fingerprint density at radius 2 is 1.04 bits per heavy atom. The van der Waals surface area contributed by atoms with Crippen LogP contribution in [0.3, 0.4) is 0 Å². The van der Waals surface area contributed by atoms with Gasteiger partial charge in [0.2, 0.25) is 0 Å². The minimum atomic E-state index is -0.877. The van der Waals surface area contributed by atoms with Gasteiger partial charge >= 0.3 is 23.9 Å². The molecule has 0 N–H and O–H groups in total. The Bertz CT molecular complexity index is 806. The molecule has 9 heteroatoms. The molecule has 0 fully saturated rings. The van der Waals surface area contributed by atoms with Gasteiger partial charge in [0.15, 0.2) is 0 Å². The molecule has 0 bridgehead atoms. The summed E-state index contributed by atoms with van der Waals surface area (Å²) in [5, 5.41) is 0. The second-order valence-electron chi connectivity index (χ2n) is 4.99. The lowest BCUT2D eigenvalue weighted by Gasteiger charge is -2.08. The molecule has 0 radical (unpaired) electrons. The van der Waals surface area contributed by atoms with Crippen LogP contribution in [0.5, 0.6) is 11.5 Å². The number of hydrogen-bond acceptors (Lipinski definition) is 9. The number of carbonyl (C=O) groups is 4. The van der Waals surface area contributed by atoms with Crippen molar-refractivity contribution >= 4 is 36.2 Å². The molecule has 2 rings (SSSR count). The minimum Gasteiger partial charge on any atom is -0.426 e. The van der Waals surface area contributed by atoms with Gasteiger partial charge in [0.25, 0.3) is 12.3 Å². The molecule has 0 saturated heterocycles. The lowest BCUT2D eigenvalue weighted by Crippen LogP contribution is -2.10. The van der Waals surface area contributed by atoms with Crippen molar-refractivity contribution in [3.05, 3.63) is 59.7 Å². The number of para-hydroxylation sites is 2. The zero-order valence-electron chi connectivity index (χ0n) is 14.3. The van der Waals surface area contributed by atoms with Crippen molar-refractivity contribution < 1.29 is 37.0 Å². The third-order valence-electron chi connectivity index (χ3n) is 2.94. The molecule has 0 amide bonds. The van der Waals surface area contributed by atoms with Crippen molar-refractivity contribution in [2.75, 3.05) is 0 Å². The van der Waals surface area contributed by atoms with E-state index in [1.807, 2.05) is 0 Å². The summed E-state index contributed by atoms with van der Waals surface area (Å²) < 4.78 is 19.4. The van der Waals surface area contributed by atoms with Gasteiger partial charge < -0.3 is 17.8 Å². The zero-order chi connectivity index (χ0) is 19.8. The molecule has 0 saturated carbocycles. The van der Waals surface area contributed by atoms with Gasteiger partial charge in [0.05, 0.1) is 0 Å². The van der Waals surface area contributed by atoms with E-state index in [1.54, 1.807) is 24.3 Å². The number of hydrogen-bond donors (Lipinski definition) is 0. The van der Waals surface area contributed by atoms with Crippen LogP contribution in [0.1, 0.15) is 34.6 Å².